The Morgan fingerprint density at radius 2 is 1.42 bits per heavy atom. The number of Topliss-reactive ketones (excluding diaryl/α,β-unsaturated/α-hetero) is 2. The molecule has 4 heteroatoms. The van der Waals surface area contributed by atoms with E-state index < -0.39 is 27.6 Å². The number of hydrogen-bond donors (Lipinski definition) is 0. The summed E-state index contributed by atoms with van der Waals surface area (Å²) in [4.78, 5) is 39.2. The van der Waals surface area contributed by atoms with Gasteiger partial charge in [0.15, 0.2) is 11.6 Å². The van der Waals surface area contributed by atoms with Gasteiger partial charge in [-0.2, -0.15) is 0 Å². The summed E-state index contributed by atoms with van der Waals surface area (Å²) in [5, 5.41) is 0. The van der Waals surface area contributed by atoms with Crippen molar-refractivity contribution in [2.75, 3.05) is 6.61 Å². The lowest BCUT2D eigenvalue weighted by molar-refractivity contribution is -0.192. The van der Waals surface area contributed by atoms with E-state index in [1.54, 1.807) is 6.92 Å². The van der Waals surface area contributed by atoms with E-state index in [-0.39, 0.29) is 30.2 Å². The maximum Gasteiger partial charge on any atom is 0.334 e. The third kappa shape index (κ3) is 2.37. The van der Waals surface area contributed by atoms with Gasteiger partial charge in [0.1, 0.15) is 5.41 Å². The lowest BCUT2D eigenvalue weighted by atomic mass is 9.34. The summed E-state index contributed by atoms with van der Waals surface area (Å²) in [6.07, 6.45) is 0.909. The first kappa shape index (κ1) is 20.6. The van der Waals surface area contributed by atoms with Crippen LogP contribution in [0.25, 0.3) is 0 Å². The lowest BCUT2D eigenvalue weighted by Crippen LogP contribution is -2.76. The third-order valence-corrected chi connectivity index (χ3v) is 5.44. The number of hydrogen-bond acceptors (Lipinski definition) is 4. The number of ketones is 2. The predicted molar refractivity (Wildman–Crippen MR) is 94.5 cm³/mol. The number of esters is 1. The fourth-order valence-corrected chi connectivity index (χ4v) is 4.54. The lowest BCUT2D eigenvalue weighted by Gasteiger charge is -2.63. The van der Waals surface area contributed by atoms with Gasteiger partial charge in [-0.1, -0.05) is 62.0 Å². The van der Waals surface area contributed by atoms with Gasteiger partial charge < -0.3 is 4.74 Å². The van der Waals surface area contributed by atoms with Crippen LogP contribution in [0.4, 0.5) is 0 Å². The Hall–Kier alpha value is -1.45. The van der Waals surface area contributed by atoms with Crippen LogP contribution < -0.4 is 0 Å². The van der Waals surface area contributed by atoms with E-state index in [4.69, 9.17) is 4.74 Å². The molecule has 136 valence electrons. The maximum atomic E-state index is 13.5. The van der Waals surface area contributed by atoms with Gasteiger partial charge in [0.05, 0.1) is 17.6 Å². The first-order valence-corrected chi connectivity index (χ1v) is 8.73. The van der Waals surface area contributed by atoms with Gasteiger partial charge in [0, 0.05) is 0 Å². The fourth-order valence-electron chi connectivity index (χ4n) is 4.54. The molecule has 0 spiro atoms. The molecule has 24 heavy (non-hydrogen) atoms. The molecular formula is C20H32O4. The second kappa shape index (κ2) is 6.12. The first-order chi connectivity index (χ1) is 10.8. The minimum Gasteiger partial charge on any atom is -0.462 e. The molecule has 1 saturated carbocycles. The van der Waals surface area contributed by atoms with Crippen LogP contribution in [0.1, 0.15) is 68.2 Å². The van der Waals surface area contributed by atoms with Crippen LogP contribution in [0.2, 0.25) is 0 Å². The van der Waals surface area contributed by atoms with Gasteiger partial charge in [-0.15, -0.1) is 0 Å². The van der Waals surface area contributed by atoms with Crippen molar-refractivity contribution in [1.29, 1.82) is 0 Å². The monoisotopic (exact) mass is 336 g/mol. The molecule has 0 aromatic rings. The van der Waals surface area contributed by atoms with Crippen molar-refractivity contribution in [3.63, 3.8) is 0 Å². The molecule has 0 amide bonds. The molecule has 0 saturated heterocycles. The molecule has 0 bridgehead atoms. The Kier molecular flexibility index (Phi) is 5.25. The highest BCUT2D eigenvalue weighted by Crippen LogP contribution is 2.67. The molecule has 1 fully saturated rings. The van der Waals surface area contributed by atoms with Gasteiger partial charge >= 0.3 is 5.97 Å². The highest BCUT2D eigenvalue weighted by atomic mass is 16.5. The fraction of sp³-hybridized carbons (Fsp3) is 0.750. The van der Waals surface area contributed by atoms with Crippen LogP contribution in [0.5, 0.6) is 0 Å². The standard InChI is InChI=1S/C20H32O4/c1-10-12-24-14(21)13(3)19(11-2)15(22)20(16(19)23,17(4,5)6)18(7,8)9/h3,10-12H2,1-2,4-9H3. The van der Waals surface area contributed by atoms with E-state index in [2.05, 4.69) is 6.58 Å². The predicted octanol–water partition coefficient (Wildman–Crippen LogP) is 4.12. The van der Waals surface area contributed by atoms with Crippen molar-refractivity contribution >= 4 is 17.5 Å². The zero-order valence-electron chi connectivity index (χ0n) is 16.5. The molecule has 0 N–H and O–H groups in total. The molecule has 0 aromatic carbocycles. The second-order valence-corrected chi connectivity index (χ2v) is 8.78. The summed E-state index contributed by atoms with van der Waals surface area (Å²) in [6, 6.07) is 0. The molecule has 0 aromatic heterocycles. The molecule has 0 radical (unpaired) electrons. The zero-order valence-corrected chi connectivity index (χ0v) is 16.5. The largest absolute Gasteiger partial charge is 0.462 e. The van der Waals surface area contributed by atoms with Crippen molar-refractivity contribution in [3.8, 4) is 0 Å². The molecule has 0 unspecified atom stereocenters. The van der Waals surface area contributed by atoms with E-state index in [0.717, 1.165) is 0 Å². The van der Waals surface area contributed by atoms with Gasteiger partial charge in [-0.05, 0) is 23.7 Å². The molecule has 0 aliphatic heterocycles. The molecular weight excluding hydrogens is 304 g/mol. The van der Waals surface area contributed by atoms with E-state index >= 15 is 0 Å². The molecule has 0 heterocycles. The minimum atomic E-state index is -1.44. The smallest absolute Gasteiger partial charge is 0.334 e. The normalized spacial score (nSPS) is 19.7. The highest BCUT2D eigenvalue weighted by molar-refractivity contribution is 6.36. The number of carbonyl (C=O) groups excluding carboxylic acids is 3. The number of carbonyl (C=O) groups is 3. The Balaban J connectivity index is 3.43. The summed E-state index contributed by atoms with van der Waals surface area (Å²) < 4.78 is 5.13. The molecule has 1 aliphatic carbocycles. The average Bonchev–Trinajstić information content (AvgIpc) is 2.42. The Morgan fingerprint density at radius 3 is 1.71 bits per heavy atom. The SMILES string of the molecule is C=C(C(=O)OCCC)C1(CC)C(=O)C(C(C)(C)C)(C(C)(C)C)C1=O. The van der Waals surface area contributed by atoms with E-state index in [9.17, 15) is 14.4 Å². The van der Waals surface area contributed by atoms with Crippen molar-refractivity contribution in [1.82, 2.24) is 0 Å². The van der Waals surface area contributed by atoms with Gasteiger partial charge in [0.2, 0.25) is 0 Å². The third-order valence-electron chi connectivity index (χ3n) is 5.44. The minimum absolute atomic E-state index is 0.0161. The van der Waals surface area contributed by atoms with Crippen molar-refractivity contribution in [3.05, 3.63) is 12.2 Å². The first-order valence-electron chi connectivity index (χ1n) is 8.73. The van der Waals surface area contributed by atoms with Gasteiger partial charge in [-0.3, -0.25) is 9.59 Å². The van der Waals surface area contributed by atoms with Crippen molar-refractivity contribution in [2.24, 2.45) is 21.7 Å². The van der Waals surface area contributed by atoms with E-state index in [1.165, 1.54) is 0 Å². The second-order valence-electron chi connectivity index (χ2n) is 8.78. The Labute approximate surface area is 146 Å². The topological polar surface area (TPSA) is 60.4 Å². The van der Waals surface area contributed by atoms with Gasteiger partial charge in [-0.25, -0.2) is 4.79 Å². The number of rotatable bonds is 5. The summed E-state index contributed by atoms with van der Waals surface area (Å²) in [7, 11) is 0. The number of ether oxygens (including phenoxy) is 1. The summed E-state index contributed by atoms with van der Waals surface area (Å²) in [5.74, 6) is -1.03. The maximum absolute atomic E-state index is 13.5. The van der Waals surface area contributed by atoms with Crippen LogP contribution in [0, 0.1) is 21.7 Å². The zero-order chi connectivity index (χ0) is 19.1. The molecule has 0 atom stereocenters. The van der Waals surface area contributed by atoms with E-state index in [1.807, 2.05) is 48.5 Å². The van der Waals surface area contributed by atoms with Crippen molar-refractivity contribution < 1.29 is 19.1 Å². The van der Waals surface area contributed by atoms with Crippen molar-refractivity contribution in [2.45, 2.75) is 68.2 Å². The molecule has 1 aliphatic rings. The highest BCUT2D eigenvalue weighted by Gasteiger charge is 2.79. The van der Waals surface area contributed by atoms with Crippen LogP contribution in [-0.4, -0.2) is 24.1 Å². The summed E-state index contributed by atoms with van der Waals surface area (Å²) in [6.45, 7) is 19.1. The summed E-state index contributed by atoms with van der Waals surface area (Å²) in [5.41, 5.74) is -3.69. The van der Waals surface area contributed by atoms with Crippen LogP contribution in [-0.2, 0) is 19.1 Å². The van der Waals surface area contributed by atoms with Crippen LogP contribution in [0.15, 0.2) is 12.2 Å². The Bertz CT molecular complexity index is 537. The Morgan fingerprint density at radius 1 is 1.00 bits per heavy atom. The van der Waals surface area contributed by atoms with E-state index in [0.29, 0.717) is 6.42 Å². The van der Waals surface area contributed by atoms with Crippen LogP contribution in [0.3, 0.4) is 0 Å². The molecule has 4 nitrogen and oxygen atoms in total. The average molecular weight is 336 g/mol. The summed E-state index contributed by atoms with van der Waals surface area (Å²) >= 11 is 0. The van der Waals surface area contributed by atoms with Gasteiger partial charge in [0.25, 0.3) is 0 Å². The molecule has 1 rings (SSSR count). The van der Waals surface area contributed by atoms with Crippen LogP contribution >= 0.6 is 0 Å². The quantitative estimate of drug-likeness (QED) is 0.430.